The number of thiophene rings is 1. The second kappa shape index (κ2) is 7.42. The van der Waals surface area contributed by atoms with Crippen LogP contribution < -0.4 is 5.32 Å². The standard InChI is InChI=1S/C18H19NO3S/c20-17(12-22-18(21)11-14-7-4-10-23-14)19-16-9-3-6-13-5-1-2-8-15(13)16/h1-2,4-5,7-8,10,16H,3,6,9,11-12H2,(H,19,20)/t16-/m1/s1. The van der Waals surface area contributed by atoms with Crippen LogP contribution in [0.5, 0.6) is 0 Å². The molecular weight excluding hydrogens is 310 g/mol. The predicted molar refractivity (Wildman–Crippen MR) is 89.2 cm³/mol. The third kappa shape index (κ3) is 4.20. The summed E-state index contributed by atoms with van der Waals surface area (Å²) in [4.78, 5) is 24.7. The number of hydrogen-bond donors (Lipinski definition) is 1. The molecule has 5 heteroatoms. The number of rotatable bonds is 5. The SMILES string of the molecule is O=C(COC(=O)Cc1cccs1)N[C@@H]1CCCc2ccccc21. The molecule has 0 spiro atoms. The van der Waals surface area contributed by atoms with E-state index in [9.17, 15) is 9.59 Å². The average molecular weight is 329 g/mol. The molecule has 0 unspecified atom stereocenters. The van der Waals surface area contributed by atoms with E-state index in [0.717, 1.165) is 24.1 Å². The molecule has 0 bridgehead atoms. The molecule has 1 N–H and O–H groups in total. The Bertz CT molecular complexity index is 681. The maximum Gasteiger partial charge on any atom is 0.311 e. The Morgan fingerprint density at radius 2 is 2.09 bits per heavy atom. The number of fused-ring (bicyclic) bond motifs is 1. The van der Waals surface area contributed by atoms with Gasteiger partial charge in [0.25, 0.3) is 5.91 Å². The fourth-order valence-electron chi connectivity index (χ4n) is 2.89. The Hall–Kier alpha value is -2.14. The molecule has 0 radical (unpaired) electrons. The van der Waals surface area contributed by atoms with Crippen molar-refractivity contribution in [2.24, 2.45) is 0 Å². The minimum Gasteiger partial charge on any atom is -0.455 e. The van der Waals surface area contributed by atoms with Gasteiger partial charge >= 0.3 is 5.97 Å². The molecule has 1 aliphatic carbocycles. The van der Waals surface area contributed by atoms with Crippen LogP contribution in [-0.4, -0.2) is 18.5 Å². The van der Waals surface area contributed by atoms with Crippen molar-refractivity contribution in [2.45, 2.75) is 31.7 Å². The van der Waals surface area contributed by atoms with Gasteiger partial charge in [0.2, 0.25) is 0 Å². The summed E-state index contributed by atoms with van der Waals surface area (Å²) < 4.78 is 5.06. The van der Waals surface area contributed by atoms with E-state index in [-0.39, 0.29) is 30.9 Å². The van der Waals surface area contributed by atoms with Gasteiger partial charge in [0, 0.05) is 4.88 Å². The van der Waals surface area contributed by atoms with E-state index in [2.05, 4.69) is 17.4 Å². The van der Waals surface area contributed by atoms with Gasteiger partial charge in [0.05, 0.1) is 12.5 Å². The fourth-order valence-corrected chi connectivity index (χ4v) is 3.58. The van der Waals surface area contributed by atoms with Gasteiger partial charge in [-0.05, 0) is 41.8 Å². The minimum atomic E-state index is -0.369. The molecule has 2 aromatic rings. The zero-order chi connectivity index (χ0) is 16.1. The van der Waals surface area contributed by atoms with Gasteiger partial charge < -0.3 is 10.1 Å². The second-order valence-corrected chi connectivity index (χ2v) is 6.66. The van der Waals surface area contributed by atoms with Crippen LogP contribution in [-0.2, 0) is 27.2 Å². The molecule has 120 valence electrons. The number of amides is 1. The van der Waals surface area contributed by atoms with Crippen LogP contribution in [0.15, 0.2) is 41.8 Å². The molecule has 1 heterocycles. The monoisotopic (exact) mass is 329 g/mol. The molecule has 0 aliphatic heterocycles. The van der Waals surface area contributed by atoms with E-state index >= 15 is 0 Å². The second-order valence-electron chi connectivity index (χ2n) is 5.63. The summed E-state index contributed by atoms with van der Waals surface area (Å²) in [5.41, 5.74) is 2.47. The quantitative estimate of drug-likeness (QED) is 0.858. The molecule has 0 saturated heterocycles. The molecule has 0 saturated carbocycles. The van der Waals surface area contributed by atoms with E-state index in [4.69, 9.17) is 4.74 Å². The first-order valence-corrected chi connectivity index (χ1v) is 8.65. The predicted octanol–water partition coefficient (Wildman–Crippen LogP) is 3.03. The first kappa shape index (κ1) is 15.7. The minimum absolute atomic E-state index is 0.0171. The lowest BCUT2D eigenvalue weighted by Crippen LogP contribution is -2.34. The maximum absolute atomic E-state index is 12.0. The van der Waals surface area contributed by atoms with E-state index < -0.39 is 0 Å². The first-order chi connectivity index (χ1) is 11.2. The van der Waals surface area contributed by atoms with Crippen molar-refractivity contribution in [3.8, 4) is 0 Å². The highest BCUT2D eigenvalue weighted by Crippen LogP contribution is 2.29. The molecule has 1 aliphatic rings. The number of benzene rings is 1. The molecule has 3 rings (SSSR count). The summed E-state index contributed by atoms with van der Waals surface area (Å²) in [5, 5.41) is 4.89. The topological polar surface area (TPSA) is 55.4 Å². The average Bonchev–Trinajstić information content (AvgIpc) is 3.06. The Morgan fingerprint density at radius 1 is 1.22 bits per heavy atom. The number of carbonyl (C=O) groups is 2. The van der Waals surface area contributed by atoms with Crippen molar-refractivity contribution in [1.82, 2.24) is 5.32 Å². The Balaban J connectivity index is 1.49. The molecule has 0 fully saturated rings. The number of nitrogens with one attached hydrogen (secondary N) is 1. The van der Waals surface area contributed by atoms with Gasteiger partial charge in [-0.25, -0.2) is 0 Å². The van der Waals surface area contributed by atoms with Crippen molar-refractivity contribution < 1.29 is 14.3 Å². The zero-order valence-electron chi connectivity index (χ0n) is 12.8. The third-order valence-electron chi connectivity index (χ3n) is 3.97. The summed E-state index contributed by atoms with van der Waals surface area (Å²) in [7, 11) is 0. The molecular formula is C18H19NO3S. The maximum atomic E-state index is 12.0. The van der Waals surface area contributed by atoms with Gasteiger partial charge in [-0.1, -0.05) is 30.3 Å². The van der Waals surface area contributed by atoms with Crippen LogP contribution in [0, 0.1) is 0 Å². The highest BCUT2D eigenvalue weighted by atomic mass is 32.1. The van der Waals surface area contributed by atoms with Gasteiger partial charge in [-0.3, -0.25) is 9.59 Å². The summed E-state index contributed by atoms with van der Waals surface area (Å²) in [6.07, 6.45) is 3.25. The van der Waals surface area contributed by atoms with E-state index in [1.807, 2.05) is 29.6 Å². The first-order valence-electron chi connectivity index (χ1n) is 7.77. The smallest absolute Gasteiger partial charge is 0.311 e. The van der Waals surface area contributed by atoms with Crippen LogP contribution >= 0.6 is 11.3 Å². The normalized spacial score (nSPS) is 16.4. The highest BCUT2D eigenvalue weighted by molar-refractivity contribution is 7.10. The Kier molecular flexibility index (Phi) is 5.08. The number of esters is 1. The van der Waals surface area contributed by atoms with Crippen LogP contribution in [0.1, 0.15) is 34.9 Å². The largest absolute Gasteiger partial charge is 0.455 e. The van der Waals surface area contributed by atoms with Crippen molar-refractivity contribution in [3.63, 3.8) is 0 Å². The Morgan fingerprint density at radius 3 is 2.91 bits per heavy atom. The zero-order valence-corrected chi connectivity index (χ0v) is 13.6. The van der Waals surface area contributed by atoms with Gasteiger partial charge in [0.15, 0.2) is 6.61 Å². The number of hydrogen-bond acceptors (Lipinski definition) is 4. The van der Waals surface area contributed by atoms with Gasteiger partial charge in [-0.2, -0.15) is 0 Å². The summed E-state index contributed by atoms with van der Waals surface area (Å²) in [5.74, 6) is -0.613. The van der Waals surface area contributed by atoms with Crippen molar-refractivity contribution in [2.75, 3.05) is 6.61 Å². The molecule has 1 atom stereocenters. The summed E-state index contributed by atoms with van der Waals surface area (Å²) >= 11 is 1.50. The number of carbonyl (C=O) groups excluding carboxylic acids is 2. The van der Waals surface area contributed by atoms with Crippen molar-refractivity contribution in [1.29, 1.82) is 0 Å². The Labute approximate surface area is 139 Å². The lowest BCUT2D eigenvalue weighted by Gasteiger charge is -2.26. The summed E-state index contributed by atoms with van der Waals surface area (Å²) in [6.45, 7) is -0.219. The molecule has 1 aromatic heterocycles. The lowest BCUT2D eigenvalue weighted by atomic mass is 9.88. The van der Waals surface area contributed by atoms with E-state index in [0.29, 0.717) is 0 Å². The fraction of sp³-hybridized carbons (Fsp3) is 0.333. The van der Waals surface area contributed by atoms with Crippen LogP contribution in [0.25, 0.3) is 0 Å². The lowest BCUT2D eigenvalue weighted by molar-refractivity contribution is -0.148. The van der Waals surface area contributed by atoms with Gasteiger partial charge in [0.1, 0.15) is 0 Å². The molecule has 23 heavy (non-hydrogen) atoms. The van der Waals surface area contributed by atoms with Crippen molar-refractivity contribution in [3.05, 3.63) is 57.8 Å². The molecule has 1 amide bonds. The van der Waals surface area contributed by atoms with Crippen LogP contribution in [0.4, 0.5) is 0 Å². The van der Waals surface area contributed by atoms with Crippen LogP contribution in [0.2, 0.25) is 0 Å². The highest BCUT2D eigenvalue weighted by Gasteiger charge is 2.21. The molecule has 1 aromatic carbocycles. The van der Waals surface area contributed by atoms with Crippen molar-refractivity contribution >= 4 is 23.2 Å². The third-order valence-corrected chi connectivity index (χ3v) is 4.84. The van der Waals surface area contributed by atoms with E-state index in [1.165, 1.54) is 22.5 Å². The number of ether oxygens (including phenoxy) is 1. The molecule has 4 nitrogen and oxygen atoms in total. The van der Waals surface area contributed by atoms with E-state index in [1.54, 1.807) is 0 Å². The number of aryl methyl sites for hydroxylation is 1. The summed E-state index contributed by atoms with van der Waals surface area (Å²) in [6, 6.07) is 12.0. The van der Waals surface area contributed by atoms with Crippen LogP contribution in [0.3, 0.4) is 0 Å². The van der Waals surface area contributed by atoms with Gasteiger partial charge in [-0.15, -0.1) is 11.3 Å².